The summed E-state index contributed by atoms with van der Waals surface area (Å²) in [5, 5.41) is 1.38. The first-order valence-electron chi connectivity index (χ1n) is 7.56. The lowest BCUT2D eigenvalue weighted by Crippen LogP contribution is -2.45. The zero-order chi connectivity index (χ0) is 13.9. The molecule has 0 radical (unpaired) electrons. The molecule has 0 bridgehead atoms. The van der Waals surface area contributed by atoms with Gasteiger partial charge in [-0.25, -0.2) is 0 Å². The van der Waals surface area contributed by atoms with Crippen molar-refractivity contribution in [3.8, 4) is 5.75 Å². The first-order valence-corrected chi connectivity index (χ1v) is 7.56. The van der Waals surface area contributed by atoms with E-state index < -0.39 is 0 Å². The Morgan fingerprint density at radius 1 is 1.25 bits per heavy atom. The molecular formula is C17H22N2O. The molecule has 0 aliphatic carbocycles. The van der Waals surface area contributed by atoms with Crippen LogP contribution in [0.3, 0.4) is 0 Å². The highest BCUT2D eigenvalue weighted by atomic mass is 16.5. The number of fused-ring (bicyclic) bond motifs is 5. The molecule has 0 spiro atoms. The lowest BCUT2D eigenvalue weighted by Gasteiger charge is -2.40. The SMILES string of the molecule is COc1ccc2c(c1)c1c(n2C)C2(C)CCCN2CC1. The van der Waals surface area contributed by atoms with Crippen LogP contribution in [0, 0.1) is 0 Å². The Kier molecular flexibility index (Phi) is 2.46. The molecule has 3 nitrogen and oxygen atoms in total. The van der Waals surface area contributed by atoms with Gasteiger partial charge in [0, 0.05) is 30.2 Å². The Labute approximate surface area is 120 Å². The van der Waals surface area contributed by atoms with Gasteiger partial charge >= 0.3 is 0 Å². The minimum atomic E-state index is 0.231. The average Bonchev–Trinajstić information content (AvgIpc) is 2.97. The second kappa shape index (κ2) is 4.01. The second-order valence-electron chi connectivity index (χ2n) is 6.38. The third-order valence-corrected chi connectivity index (χ3v) is 5.44. The molecule has 106 valence electrons. The Morgan fingerprint density at radius 2 is 2.10 bits per heavy atom. The van der Waals surface area contributed by atoms with Gasteiger partial charge in [-0.2, -0.15) is 0 Å². The van der Waals surface area contributed by atoms with Crippen LogP contribution in [0.25, 0.3) is 10.9 Å². The van der Waals surface area contributed by atoms with Crippen LogP contribution in [0.1, 0.15) is 31.0 Å². The Hall–Kier alpha value is -1.48. The maximum atomic E-state index is 5.41. The van der Waals surface area contributed by atoms with E-state index >= 15 is 0 Å². The molecule has 0 saturated carbocycles. The fraction of sp³-hybridized carbons (Fsp3) is 0.529. The molecule has 3 heteroatoms. The van der Waals surface area contributed by atoms with Crippen LogP contribution < -0.4 is 4.74 Å². The van der Waals surface area contributed by atoms with Crippen molar-refractivity contribution < 1.29 is 4.74 Å². The van der Waals surface area contributed by atoms with E-state index in [1.54, 1.807) is 12.7 Å². The van der Waals surface area contributed by atoms with Crippen molar-refractivity contribution in [2.45, 2.75) is 31.7 Å². The average molecular weight is 270 g/mol. The van der Waals surface area contributed by atoms with E-state index in [2.05, 4.69) is 41.6 Å². The highest BCUT2D eigenvalue weighted by Gasteiger charge is 2.44. The van der Waals surface area contributed by atoms with Crippen LogP contribution in [-0.4, -0.2) is 29.7 Å². The number of methoxy groups -OCH3 is 1. The molecule has 1 fully saturated rings. The quantitative estimate of drug-likeness (QED) is 0.792. The number of benzene rings is 1. The molecule has 1 aromatic carbocycles. The molecule has 3 heterocycles. The van der Waals surface area contributed by atoms with Crippen molar-refractivity contribution in [2.24, 2.45) is 7.05 Å². The highest BCUT2D eigenvalue weighted by Crippen LogP contribution is 2.46. The molecule has 2 aliphatic rings. The lowest BCUT2D eigenvalue weighted by molar-refractivity contribution is 0.135. The van der Waals surface area contributed by atoms with Crippen LogP contribution in [0.15, 0.2) is 18.2 Å². The summed E-state index contributed by atoms with van der Waals surface area (Å²) in [5.74, 6) is 0.963. The summed E-state index contributed by atoms with van der Waals surface area (Å²) < 4.78 is 7.83. The fourth-order valence-electron chi connectivity index (χ4n) is 4.46. The summed E-state index contributed by atoms with van der Waals surface area (Å²) in [6.45, 7) is 4.87. The van der Waals surface area contributed by atoms with Gasteiger partial charge in [-0.3, -0.25) is 4.90 Å². The van der Waals surface area contributed by atoms with Gasteiger partial charge in [-0.15, -0.1) is 0 Å². The third kappa shape index (κ3) is 1.39. The van der Waals surface area contributed by atoms with Gasteiger partial charge in [0.25, 0.3) is 0 Å². The van der Waals surface area contributed by atoms with E-state index in [9.17, 15) is 0 Å². The number of nitrogens with zero attached hydrogens (tertiary/aromatic N) is 2. The highest BCUT2D eigenvalue weighted by molar-refractivity contribution is 5.87. The standard InChI is InChI=1S/C17H22N2O/c1-17-8-4-9-19(17)10-7-13-14-11-12(20-3)5-6-15(14)18(2)16(13)17/h5-6,11H,4,7-10H2,1-3H3. The Balaban J connectivity index is 2.02. The first-order chi connectivity index (χ1) is 9.65. The third-order valence-electron chi connectivity index (χ3n) is 5.44. The predicted octanol–water partition coefficient (Wildman–Crippen LogP) is 3.05. The number of hydrogen-bond acceptors (Lipinski definition) is 2. The molecule has 4 rings (SSSR count). The monoisotopic (exact) mass is 270 g/mol. The number of hydrogen-bond donors (Lipinski definition) is 0. The van der Waals surface area contributed by atoms with Crippen molar-refractivity contribution in [2.75, 3.05) is 20.2 Å². The van der Waals surface area contributed by atoms with Crippen molar-refractivity contribution in [3.63, 3.8) is 0 Å². The van der Waals surface area contributed by atoms with Gasteiger partial charge in [0.15, 0.2) is 0 Å². The molecule has 1 unspecified atom stereocenters. The minimum Gasteiger partial charge on any atom is -0.497 e. The van der Waals surface area contributed by atoms with E-state index in [4.69, 9.17) is 4.74 Å². The predicted molar refractivity (Wildman–Crippen MR) is 81.3 cm³/mol. The number of rotatable bonds is 1. The van der Waals surface area contributed by atoms with Crippen LogP contribution in [0.4, 0.5) is 0 Å². The molecule has 2 aliphatic heterocycles. The van der Waals surface area contributed by atoms with Crippen molar-refractivity contribution >= 4 is 10.9 Å². The smallest absolute Gasteiger partial charge is 0.119 e. The summed E-state index contributed by atoms with van der Waals surface area (Å²) in [6.07, 6.45) is 3.76. The van der Waals surface area contributed by atoms with Gasteiger partial charge < -0.3 is 9.30 Å². The lowest BCUT2D eigenvalue weighted by atomic mass is 9.86. The fourth-order valence-corrected chi connectivity index (χ4v) is 4.46. The van der Waals surface area contributed by atoms with Gasteiger partial charge in [0.2, 0.25) is 0 Å². The molecule has 1 saturated heterocycles. The number of aryl methyl sites for hydroxylation is 1. The van der Waals surface area contributed by atoms with Crippen LogP contribution in [0.2, 0.25) is 0 Å². The summed E-state index contributed by atoms with van der Waals surface area (Å²) in [7, 11) is 3.97. The number of aromatic nitrogens is 1. The van der Waals surface area contributed by atoms with Gasteiger partial charge in [0.1, 0.15) is 5.75 Å². The van der Waals surface area contributed by atoms with E-state index in [1.165, 1.54) is 42.5 Å². The molecule has 0 amide bonds. The zero-order valence-electron chi connectivity index (χ0n) is 12.6. The van der Waals surface area contributed by atoms with Crippen molar-refractivity contribution in [1.82, 2.24) is 9.47 Å². The first kappa shape index (κ1) is 12.3. The molecule has 20 heavy (non-hydrogen) atoms. The summed E-state index contributed by atoms with van der Waals surface area (Å²) in [6, 6.07) is 6.49. The van der Waals surface area contributed by atoms with E-state index in [-0.39, 0.29) is 5.54 Å². The Bertz CT molecular complexity index is 688. The minimum absolute atomic E-state index is 0.231. The number of ether oxygens (including phenoxy) is 1. The molecular weight excluding hydrogens is 248 g/mol. The summed E-state index contributed by atoms with van der Waals surface area (Å²) >= 11 is 0. The van der Waals surface area contributed by atoms with Gasteiger partial charge in [-0.05, 0) is 56.5 Å². The Morgan fingerprint density at radius 3 is 2.90 bits per heavy atom. The van der Waals surface area contributed by atoms with Crippen LogP contribution in [-0.2, 0) is 19.0 Å². The topological polar surface area (TPSA) is 17.4 Å². The summed E-state index contributed by atoms with van der Waals surface area (Å²) in [4.78, 5) is 2.67. The summed E-state index contributed by atoms with van der Waals surface area (Å²) in [5.41, 5.74) is 4.64. The van der Waals surface area contributed by atoms with E-state index in [0.29, 0.717) is 0 Å². The maximum absolute atomic E-state index is 5.41. The molecule has 0 N–H and O–H groups in total. The van der Waals surface area contributed by atoms with Crippen molar-refractivity contribution in [3.05, 3.63) is 29.5 Å². The zero-order valence-corrected chi connectivity index (χ0v) is 12.6. The van der Waals surface area contributed by atoms with Crippen LogP contribution >= 0.6 is 0 Å². The van der Waals surface area contributed by atoms with Crippen LogP contribution in [0.5, 0.6) is 5.75 Å². The second-order valence-corrected chi connectivity index (χ2v) is 6.38. The van der Waals surface area contributed by atoms with Gasteiger partial charge in [-0.1, -0.05) is 0 Å². The largest absolute Gasteiger partial charge is 0.497 e. The maximum Gasteiger partial charge on any atom is 0.119 e. The molecule has 1 atom stereocenters. The van der Waals surface area contributed by atoms with Crippen molar-refractivity contribution in [1.29, 1.82) is 0 Å². The molecule has 1 aromatic heterocycles. The van der Waals surface area contributed by atoms with Gasteiger partial charge in [0.05, 0.1) is 12.6 Å². The van der Waals surface area contributed by atoms with E-state index in [1.807, 2.05) is 0 Å². The molecule has 2 aromatic rings. The normalized spacial score (nSPS) is 25.8. The van der Waals surface area contributed by atoms with E-state index in [0.717, 1.165) is 12.2 Å².